The quantitative estimate of drug-likeness (QED) is 0.820. The number of ether oxygens (including phenoxy) is 1. The van der Waals surface area contributed by atoms with Crippen molar-refractivity contribution >= 4 is 15.9 Å². The van der Waals surface area contributed by atoms with E-state index in [4.69, 9.17) is 4.74 Å². The summed E-state index contributed by atoms with van der Waals surface area (Å²) in [6.07, 6.45) is 3.38. The van der Waals surface area contributed by atoms with Crippen LogP contribution in [0.5, 0.6) is 5.75 Å². The van der Waals surface area contributed by atoms with E-state index in [2.05, 4.69) is 41.2 Å². The van der Waals surface area contributed by atoms with Gasteiger partial charge in [-0.2, -0.15) is 0 Å². The molecule has 0 aliphatic carbocycles. The monoisotopic (exact) mass is 313 g/mol. The van der Waals surface area contributed by atoms with Gasteiger partial charge in [0.2, 0.25) is 0 Å². The Bertz CT molecular complexity index is 375. The van der Waals surface area contributed by atoms with Crippen molar-refractivity contribution in [2.45, 2.75) is 33.1 Å². The molecule has 102 valence electrons. The lowest BCUT2D eigenvalue weighted by Crippen LogP contribution is -2.33. The molecule has 0 unspecified atom stereocenters. The van der Waals surface area contributed by atoms with Crippen LogP contribution in [0.4, 0.5) is 0 Å². The van der Waals surface area contributed by atoms with Gasteiger partial charge in [-0.3, -0.25) is 0 Å². The van der Waals surface area contributed by atoms with Crippen molar-refractivity contribution in [3.8, 4) is 5.75 Å². The van der Waals surface area contributed by atoms with Crippen molar-refractivity contribution in [1.82, 2.24) is 5.32 Å². The van der Waals surface area contributed by atoms with E-state index in [1.807, 2.05) is 19.2 Å². The van der Waals surface area contributed by atoms with E-state index in [1.54, 1.807) is 7.11 Å². The van der Waals surface area contributed by atoms with Crippen LogP contribution in [0.3, 0.4) is 0 Å². The van der Waals surface area contributed by atoms with E-state index in [0.29, 0.717) is 5.41 Å². The van der Waals surface area contributed by atoms with Crippen LogP contribution in [0.25, 0.3) is 0 Å². The predicted molar refractivity (Wildman–Crippen MR) is 81.3 cm³/mol. The highest BCUT2D eigenvalue weighted by Gasteiger charge is 2.27. The van der Waals surface area contributed by atoms with Gasteiger partial charge in [-0.05, 0) is 55.5 Å². The summed E-state index contributed by atoms with van der Waals surface area (Å²) in [7, 11) is 3.77. The van der Waals surface area contributed by atoms with E-state index in [-0.39, 0.29) is 0 Å². The summed E-state index contributed by atoms with van der Waals surface area (Å²) in [5.74, 6) is 0.987. The number of nitrogens with one attached hydrogen (secondary N) is 1. The summed E-state index contributed by atoms with van der Waals surface area (Å²) >= 11 is 3.54. The lowest BCUT2D eigenvalue weighted by molar-refractivity contribution is 0.249. The molecule has 0 radical (unpaired) electrons. The Labute approximate surface area is 119 Å². The molecule has 1 rings (SSSR count). The number of methoxy groups -OCH3 is 1. The molecule has 0 aliphatic rings. The molecule has 0 atom stereocenters. The van der Waals surface area contributed by atoms with Crippen LogP contribution < -0.4 is 10.1 Å². The number of benzene rings is 1. The summed E-state index contributed by atoms with van der Waals surface area (Å²) in [6.45, 7) is 5.58. The molecule has 0 aliphatic heterocycles. The molecular weight excluding hydrogens is 290 g/mol. The van der Waals surface area contributed by atoms with Gasteiger partial charge in [0, 0.05) is 11.0 Å². The van der Waals surface area contributed by atoms with Crippen molar-refractivity contribution < 1.29 is 4.74 Å². The first-order valence-corrected chi connectivity index (χ1v) is 7.37. The summed E-state index contributed by atoms with van der Waals surface area (Å²) < 4.78 is 6.59. The van der Waals surface area contributed by atoms with Crippen molar-refractivity contribution in [2.75, 3.05) is 20.7 Å². The van der Waals surface area contributed by atoms with Crippen LogP contribution in [0.1, 0.15) is 32.3 Å². The summed E-state index contributed by atoms with van der Waals surface area (Å²) in [5, 5.41) is 3.33. The predicted octanol–water partition coefficient (Wildman–Crippen LogP) is 4.03. The second kappa shape index (κ2) is 7.15. The van der Waals surface area contributed by atoms with Crippen LogP contribution in [0, 0.1) is 5.41 Å². The Morgan fingerprint density at radius 1 is 1.28 bits per heavy atom. The molecule has 0 saturated heterocycles. The SMILES string of the molecule is CCC(CC)(CNC)Cc1cc(Br)ccc1OC. The summed E-state index contributed by atoms with van der Waals surface area (Å²) in [6, 6.07) is 6.24. The minimum Gasteiger partial charge on any atom is -0.496 e. The number of rotatable bonds is 7. The highest BCUT2D eigenvalue weighted by molar-refractivity contribution is 9.10. The van der Waals surface area contributed by atoms with E-state index in [9.17, 15) is 0 Å². The lowest BCUT2D eigenvalue weighted by atomic mass is 9.76. The molecule has 0 saturated carbocycles. The molecule has 18 heavy (non-hydrogen) atoms. The lowest BCUT2D eigenvalue weighted by Gasteiger charge is -2.32. The standard InChI is InChI=1S/C15H24BrNO/c1-5-15(6-2,11-17-3)10-12-9-13(16)7-8-14(12)18-4/h7-9,17H,5-6,10-11H2,1-4H3. The molecule has 0 amide bonds. The molecule has 1 aromatic rings. The highest BCUT2D eigenvalue weighted by atomic mass is 79.9. The minimum absolute atomic E-state index is 0.308. The third-order valence-electron chi connectivity index (χ3n) is 3.86. The van der Waals surface area contributed by atoms with Crippen molar-refractivity contribution in [2.24, 2.45) is 5.41 Å². The molecule has 3 heteroatoms. The smallest absolute Gasteiger partial charge is 0.122 e. The molecule has 0 aromatic heterocycles. The van der Waals surface area contributed by atoms with Crippen LogP contribution in [-0.4, -0.2) is 20.7 Å². The van der Waals surface area contributed by atoms with E-state index in [1.165, 1.54) is 18.4 Å². The van der Waals surface area contributed by atoms with E-state index in [0.717, 1.165) is 23.2 Å². The van der Waals surface area contributed by atoms with Crippen LogP contribution in [0.15, 0.2) is 22.7 Å². The zero-order valence-electron chi connectivity index (χ0n) is 11.8. The van der Waals surface area contributed by atoms with Gasteiger partial charge in [0.15, 0.2) is 0 Å². The number of halogens is 1. The zero-order valence-corrected chi connectivity index (χ0v) is 13.4. The second-order valence-corrected chi connectivity index (χ2v) is 5.79. The maximum atomic E-state index is 5.47. The summed E-state index contributed by atoms with van der Waals surface area (Å²) in [5.41, 5.74) is 1.59. The van der Waals surface area contributed by atoms with Gasteiger partial charge in [0.1, 0.15) is 5.75 Å². The van der Waals surface area contributed by atoms with Gasteiger partial charge in [-0.1, -0.05) is 29.8 Å². The van der Waals surface area contributed by atoms with Gasteiger partial charge >= 0.3 is 0 Å². The number of hydrogen-bond donors (Lipinski definition) is 1. The molecule has 2 nitrogen and oxygen atoms in total. The Morgan fingerprint density at radius 2 is 1.94 bits per heavy atom. The zero-order chi connectivity index (χ0) is 13.6. The van der Waals surface area contributed by atoms with Gasteiger partial charge in [-0.25, -0.2) is 0 Å². The van der Waals surface area contributed by atoms with Crippen molar-refractivity contribution in [3.05, 3.63) is 28.2 Å². The molecule has 0 spiro atoms. The Balaban J connectivity index is 3.02. The third kappa shape index (κ3) is 3.72. The molecular formula is C15H24BrNO. The van der Waals surface area contributed by atoms with Gasteiger partial charge < -0.3 is 10.1 Å². The molecule has 0 bridgehead atoms. The van der Waals surface area contributed by atoms with Crippen LogP contribution in [-0.2, 0) is 6.42 Å². The van der Waals surface area contributed by atoms with Crippen LogP contribution >= 0.6 is 15.9 Å². The van der Waals surface area contributed by atoms with E-state index < -0.39 is 0 Å². The van der Waals surface area contributed by atoms with Crippen LogP contribution in [0.2, 0.25) is 0 Å². The van der Waals surface area contributed by atoms with Crippen molar-refractivity contribution in [3.63, 3.8) is 0 Å². The maximum absolute atomic E-state index is 5.47. The average Bonchev–Trinajstić information content (AvgIpc) is 2.38. The molecule has 1 N–H and O–H groups in total. The second-order valence-electron chi connectivity index (χ2n) is 4.87. The maximum Gasteiger partial charge on any atom is 0.122 e. The Kier molecular flexibility index (Phi) is 6.16. The first-order valence-electron chi connectivity index (χ1n) is 6.57. The fourth-order valence-electron chi connectivity index (χ4n) is 2.48. The van der Waals surface area contributed by atoms with Gasteiger partial charge in [0.05, 0.1) is 7.11 Å². The fourth-order valence-corrected chi connectivity index (χ4v) is 2.89. The van der Waals surface area contributed by atoms with Gasteiger partial charge in [0.25, 0.3) is 0 Å². The first-order chi connectivity index (χ1) is 8.60. The molecule has 0 fully saturated rings. The van der Waals surface area contributed by atoms with Crippen molar-refractivity contribution in [1.29, 1.82) is 0 Å². The largest absolute Gasteiger partial charge is 0.496 e. The normalized spacial score (nSPS) is 11.6. The van der Waals surface area contributed by atoms with Gasteiger partial charge in [-0.15, -0.1) is 0 Å². The third-order valence-corrected chi connectivity index (χ3v) is 4.35. The number of hydrogen-bond acceptors (Lipinski definition) is 2. The average molecular weight is 314 g/mol. The fraction of sp³-hybridized carbons (Fsp3) is 0.600. The topological polar surface area (TPSA) is 21.3 Å². The molecule has 0 heterocycles. The van der Waals surface area contributed by atoms with E-state index >= 15 is 0 Å². The Hall–Kier alpha value is -0.540. The molecule has 1 aromatic carbocycles. The Morgan fingerprint density at radius 3 is 2.44 bits per heavy atom. The minimum atomic E-state index is 0.308. The summed E-state index contributed by atoms with van der Waals surface area (Å²) in [4.78, 5) is 0. The highest BCUT2D eigenvalue weighted by Crippen LogP contribution is 2.34. The first kappa shape index (κ1) is 15.5.